The van der Waals surface area contributed by atoms with Gasteiger partial charge in [0.25, 0.3) is 0 Å². The number of aromatic nitrogens is 1. The van der Waals surface area contributed by atoms with Crippen LogP contribution in [0.4, 0.5) is 5.69 Å². The van der Waals surface area contributed by atoms with Crippen molar-refractivity contribution in [2.75, 3.05) is 26.1 Å². The molecule has 1 aromatic carbocycles. The van der Waals surface area contributed by atoms with Gasteiger partial charge in [-0.15, -0.1) is 0 Å². The summed E-state index contributed by atoms with van der Waals surface area (Å²) in [4.78, 5) is 12.1. The average molecular weight is 381 g/mol. The Labute approximate surface area is 163 Å². The molecule has 0 radical (unpaired) electrons. The molecule has 0 bridgehead atoms. The lowest BCUT2D eigenvalue weighted by atomic mass is 9.81. The van der Waals surface area contributed by atoms with Crippen LogP contribution in [0.3, 0.4) is 0 Å². The topological polar surface area (TPSA) is 99.5 Å². The van der Waals surface area contributed by atoms with Gasteiger partial charge in [-0.2, -0.15) is 5.26 Å². The molecule has 0 atom stereocenters. The van der Waals surface area contributed by atoms with Crippen molar-refractivity contribution in [3.8, 4) is 11.8 Å². The highest BCUT2D eigenvalue weighted by molar-refractivity contribution is 5.95. The van der Waals surface area contributed by atoms with Gasteiger partial charge in [0, 0.05) is 24.7 Å². The number of benzene rings is 1. The fourth-order valence-electron chi connectivity index (χ4n) is 4.20. The Morgan fingerprint density at radius 2 is 1.89 bits per heavy atom. The number of nitriles is 1. The molecule has 28 heavy (non-hydrogen) atoms. The van der Waals surface area contributed by atoms with E-state index < -0.39 is 5.97 Å². The van der Waals surface area contributed by atoms with E-state index in [2.05, 4.69) is 12.1 Å². The maximum Gasteiger partial charge on any atom is 0.357 e. The van der Waals surface area contributed by atoms with Gasteiger partial charge in [-0.25, -0.2) is 4.79 Å². The number of nitrogen functional groups attached to an aromatic ring is 1. The van der Waals surface area contributed by atoms with Crippen LogP contribution in [0.2, 0.25) is 0 Å². The molecule has 2 fully saturated rings. The molecule has 2 aliphatic rings. The van der Waals surface area contributed by atoms with E-state index in [1.807, 2.05) is 18.2 Å². The van der Waals surface area contributed by atoms with Gasteiger partial charge < -0.3 is 24.5 Å². The van der Waals surface area contributed by atoms with E-state index in [1.165, 1.54) is 12.7 Å². The van der Waals surface area contributed by atoms with Gasteiger partial charge in [0.1, 0.15) is 6.07 Å². The van der Waals surface area contributed by atoms with E-state index in [0.29, 0.717) is 19.1 Å². The SMILES string of the molecule is COC(=O)c1c(N)c(C#N)cn1-c1ccc(C2CCC3(CC2)OCCO3)cc1. The summed E-state index contributed by atoms with van der Waals surface area (Å²) < 4.78 is 18.1. The third-order valence-electron chi connectivity index (χ3n) is 5.75. The predicted octanol–water partition coefficient (Wildman–Crippen LogP) is 3.12. The van der Waals surface area contributed by atoms with Crippen LogP contribution in [0.1, 0.15) is 53.2 Å². The van der Waals surface area contributed by atoms with Crippen LogP contribution in [0.15, 0.2) is 30.5 Å². The third kappa shape index (κ3) is 3.15. The van der Waals surface area contributed by atoms with Gasteiger partial charge in [-0.3, -0.25) is 0 Å². The smallest absolute Gasteiger partial charge is 0.357 e. The van der Waals surface area contributed by atoms with Crippen molar-refractivity contribution in [1.82, 2.24) is 4.57 Å². The van der Waals surface area contributed by atoms with Crippen LogP contribution in [-0.2, 0) is 14.2 Å². The number of carbonyl (C=O) groups excluding carboxylic acids is 1. The first-order chi connectivity index (χ1) is 13.6. The Balaban J connectivity index is 1.56. The Bertz CT molecular complexity index is 910. The molecule has 0 unspecified atom stereocenters. The Morgan fingerprint density at radius 3 is 2.46 bits per heavy atom. The summed E-state index contributed by atoms with van der Waals surface area (Å²) in [5, 5.41) is 9.24. The number of ether oxygens (including phenoxy) is 3. The zero-order chi connectivity index (χ0) is 19.7. The van der Waals surface area contributed by atoms with Crippen LogP contribution >= 0.6 is 0 Å². The molecule has 1 aliphatic heterocycles. The Hall–Kier alpha value is -2.82. The maximum absolute atomic E-state index is 12.1. The van der Waals surface area contributed by atoms with Gasteiger partial charge in [0.2, 0.25) is 0 Å². The van der Waals surface area contributed by atoms with E-state index in [9.17, 15) is 10.1 Å². The van der Waals surface area contributed by atoms with Gasteiger partial charge in [0.15, 0.2) is 11.5 Å². The van der Waals surface area contributed by atoms with Crippen molar-refractivity contribution in [1.29, 1.82) is 5.26 Å². The third-order valence-corrected chi connectivity index (χ3v) is 5.75. The summed E-state index contributed by atoms with van der Waals surface area (Å²) in [6, 6.07) is 10.0. The largest absolute Gasteiger partial charge is 0.464 e. The minimum Gasteiger partial charge on any atom is -0.464 e. The molecular weight excluding hydrogens is 358 g/mol. The highest BCUT2D eigenvalue weighted by atomic mass is 16.7. The fourth-order valence-corrected chi connectivity index (χ4v) is 4.20. The molecule has 2 heterocycles. The van der Waals surface area contributed by atoms with E-state index in [0.717, 1.165) is 31.4 Å². The van der Waals surface area contributed by atoms with E-state index in [-0.39, 0.29) is 22.7 Å². The Morgan fingerprint density at radius 1 is 1.25 bits per heavy atom. The zero-order valence-electron chi connectivity index (χ0n) is 15.8. The lowest BCUT2D eigenvalue weighted by Crippen LogP contribution is -2.34. The monoisotopic (exact) mass is 381 g/mol. The first kappa shape index (κ1) is 18.5. The van der Waals surface area contributed by atoms with Gasteiger partial charge in [-0.05, 0) is 36.5 Å². The molecule has 7 heteroatoms. The molecule has 1 aromatic heterocycles. The Kier molecular flexibility index (Phi) is 4.84. The van der Waals surface area contributed by atoms with E-state index in [4.69, 9.17) is 19.9 Å². The second kappa shape index (κ2) is 7.30. The van der Waals surface area contributed by atoms with Crippen molar-refractivity contribution in [2.24, 2.45) is 0 Å². The molecule has 146 valence electrons. The summed E-state index contributed by atoms with van der Waals surface area (Å²) in [6.07, 6.45) is 5.41. The highest BCUT2D eigenvalue weighted by Crippen LogP contribution is 2.42. The summed E-state index contributed by atoms with van der Waals surface area (Å²) in [7, 11) is 1.29. The second-order valence-corrected chi connectivity index (χ2v) is 7.25. The molecule has 1 saturated carbocycles. The summed E-state index contributed by atoms with van der Waals surface area (Å²) >= 11 is 0. The van der Waals surface area contributed by atoms with Crippen LogP contribution in [-0.4, -0.2) is 36.6 Å². The molecule has 0 amide bonds. The molecule has 2 N–H and O–H groups in total. The van der Waals surface area contributed by atoms with Crippen molar-refractivity contribution in [3.63, 3.8) is 0 Å². The number of rotatable bonds is 3. The molecular formula is C21H23N3O4. The number of nitrogens with zero attached hydrogens (tertiary/aromatic N) is 2. The number of anilines is 1. The van der Waals surface area contributed by atoms with E-state index in [1.54, 1.807) is 10.8 Å². The summed E-state index contributed by atoms with van der Waals surface area (Å²) in [5.74, 6) is -0.475. The number of hydrogen-bond donors (Lipinski definition) is 1. The van der Waals surface area contributed by atoms with Crippen molar-refractivity contribution in [3.05, 3.63) is 47.3 Å². The van der Waals surface area contributed by atoms with E-state index >= 15 is 0 Å². The number of carbonyl (C=O) groups is 1. The quantitative estimate of drug-likeness (QED) is 0.820. The number of hydrogen-bond acceptors (Lipinski definition) is 6. The summed E-state index contributed by atoms with van der Waals surface area (Å²) in [6.45, 7) is 1.37. The second-order valence-electron chi connectivity index (χ2n) is 7.25. The van der Waals surface area contributed by atoms with Gasteiger partial charge in [0.05, 0.1) is 31.6 Å². The zero-order valence-corrected chi connectivity index (χ0v) is 15.8. The minimum atomic E-state index is -0.572. The van der Waals surface area contributed by atoms with Crippen molar-refractivity contribution < 1.29 is 19.0 Å². The lowest BCUT2D eigenvalue weighted by Gasteiger charge is -2.35. The highest BCUT2D eigenvalue weighted by Gasteiger charge is 2.40. The van der Waals surface area contributed by atoms with Gasteiger partial charge >= 0.3 is 5.97 Å². The molecule has 1 saturated heterocycles. The lowest BCUT2D eigenvalue weighted by molar-refractivity contribution is -0.178. The fraction of sp³-hybridized carbons (Fsp3) is 0.429. The van der Waals surface area contributed by atoms with Crippen LogP contribution in [0.25, 0.3) is 5.69 Å². The molecule has 7 nitrogen and oxygen atoms in total. The molecule has 1 aliphatic carbocycles. The number of methoxy groups -OCH3 is 1. The molecule has 2 aromatic rings. The molecule has 4 rings (SSSR count). The molecule has 1 spiro atoms. The first-order valence-corrected chi connectivity index (χ1v) is 9.44. The first-order valence-electron chi connectivity index (χ1n) is 9.44. The van der Waals surface area contributed by atoms with Crippen LogP contribution < -0.4 is 5.73 Å². The van der Waals surface area contributed by atoms with Crippen LogP contribution in [0.5, 0.6) is 0 Å². The summed E-state index contributed by atoms with van der Waals surface area (Å²) in [5.41, 5.74) is 8.52. The minimum absolute atomic E-state index is 0.132. The standard InChI is InChI=1S/C21H23N3O4/c1-26-20(25)19-18(23)16(12-22)13-24(19)17-4-2-14(3-5-17)15-6-8-21(9-7-15)27-10-11-28-21/h2-5,13,15H,6-11,23H2,1H3. The number of esters is 1. The maximum atomic E-state index is 12.1. The van der Waals surface area contributed by atoms with Crippen molar-refractivity contribution >= 4 is 11.7 Å². The van der Waals surface area contributed by atoms with Crippen molar-refractivity contribution in [2.45, 2.75) is 37.4 Å². The van der Waals surface area contributed by atoms with Gasteiger partial charge in [-0.1, -0.05) is 12.1 Å². The average Bonchev–Trinajstić information content (AvgIpc) is 3.32. The normalized spacial score (nSPS) is 18.9. The van der Waals surface area contributed by atoms with Crippen LogP contribution in [0, 0.1) is 11.3 Å². The number of nitrogens with two attached hydrogens (primary N) is 1. The predicted molar refractivity (Wildman–Crippen MR) is 102 cm³/mol.